The van der Waals surface area contributed by atoms with E-state index >= 15 is 0 Å². The van der Waals surface area contributed by atoms with Gasteiger partial charge in [-0.1, -0.05) is 42.5 Å². The van der Waals surface area contributed by atoms with Gasteiger partial charge in [0.15, 0.2) is 0 Å². The number of alkyl halides is 2. The Kier molecular flexibility index (Phi) is 8.37. The van der Waals surface area contributed by atoms with Gasteiger partial charge >= 0.3 is 0 Å². The number of hydrogen-bond acceptors (Lipinski definition) is 4. The van der Waals surface area contributed by atoms with E-state index in [0.717, 1.165) is 76.4 Å². The first-order valence-corrected chi connectivity index (χ1v) is 15.6. The largest absolute Gasteiger partial charge is 0.497 e. The summed E-state index contributed by atoms with van der Waals surface area (Å²) in [7, 11) is 1.67. The molecule has 0 radical (unpaired) electrons. The summed E-state index contributed by atoms with van der Waals surface area (Å²) in [6, 6.07) is 18.9. The van der Waals surface area contributed by atoms with E-state index < -0.39 is 5.92 Å². The lowest BCUT2D eigenvalue weighted by molar-refractivity contribution is -0.139. The van der Waals surface area contributed by atoms with Crippen molar-refractivity contribution in [1.29, 1.82) is 0 Å². The van der Waals surface area contributed by atoms with Crippen molar-refractivity contribution in [2.45, 2.75) is 63.3 Å². The van der Waals surface area contributed by atoms with Crippen molar-refractivity contribution in [2.24, 2.45) is 17.3 Å². The van der Waals surface area contributed by atoms with Crippen LogP contribution in [-0.4, -0.2) is 79.5 Å². The summed E-state index contributed by atoms with van der Waals surface area (Å²) in [6.07, 6.45) is 4.21. The van der Waals surface area contributed by atoms with Crippen LogP contribution in [0.2, 0.25) is 0 Å². The molecule has 7 heteroatoms. The highest BCUT2D eigenvalue weighted by Gasteiger charge is 2.48. The molecule has 2 aromatic carbocycles. The van der Waals surface area contributed by atoms with Crippen LogP contribution in [-0.2, 0) is 11.3 Å². The Morgan fingerprint density at radius 1 is 0.829 bits per heavy atom. The van der Waals surface area contributed by atoms with Gasteiger partial charge in [0.1, 0.15) is 5.75 Å². The molecule has 2 atom stereocenters. The average molecular weight is 566 g/mol. The minimum atomic E-state index is -2.46. The van der Waals surface area contributed by atoms with Crippen LogP contribution in [0.3, 0.4) is 0 Å². The molecule has 2 aromatic rings. The number of benzene rings is 2. The SMILES string of the molecule is COc1ccc(CN2CCC3(CCN(C[C@H]4CN(CC5CCC(F)(F)CC5)C[C@@H]4c4ccccc4)CC3)C2=O)cc1. The van der Waals surface area contributed by atoms with E-state index in [1.54, 1.807) is 7.11 Å². The standard InChI is InChI=1S/C34H45F2N3O2/c1-41-30-9-7-26(8-10-30)22-39-20-17-33(32(39)40)15-18-37(19-16-33)23-29-24-38(21-27-11-13-34(35,36)14-12-27)25-31(29)28-5-3-2-4-6-28/h2-10,27,29,31H,11-25H2,1H3/t29-,31+/m0/s1. The van der Waals surface area contributed by atoms with Crippen LogP contribution in [0.1, 0.15) is 62.0 Å². The number of nitrogens with zero attached hydrogens (tertiary/aromatic N) is 3. The van der Waals surface area contributed by atoms with Crippen LogP contribution in [0.25, 0.3) is 0 Å². The monoisotopic (exact) mass is 565 g/mol. The topological polar surface area (TPSA) is 36.0 Å². The molecule has 0 unspecified atom stereocenters. The van der Waals surface area contributed by atoms with Crippen LogP contribution >= 0.6 is 0 Å². The maximum absolute atomic E-state index is 13.7. The number of amides is 1. The molecule has 3 aliphatic heterocycles. The molecule has 222 valence electrons. The molecule has 6 rings (SSSR count). The predicted octanol–water partition coefficient (Wildman–Crippen LogP) is 6.05. The molecule has 0 bridgehead atoms. The van der Waals surface area contributed by atoms with Crippen molar-refractivity contribution in [2.75, 3.05) is 52.9 Å². The van der Waals surface area contributed by atoms with Crippen molar-refractivity contribution in [3.63, 3.8) is 0 Å². The maximum Gasteiger partial charge on any atom is 0.248 e. The molecular weight excluding hydrogens is 520 g/mol. The van der Waals surface area contributed by atoms with Crippen LogP contribution < -0.4 is 4.74 Å². The lowest BCUT2D eigenvalue weighted by Gasteiger charge is -2.39. The second-order valence-electron chi connectivity index (χ2n) is 13.2. The number of ether oxygens (including phenoxy) is 1. The third-order valence-electron chi connectivity index (χ3n) is 10.5. The average Bonchev–Trinajstić information content (AvgIpc) is 3.52. The summed E-state index contributed by atoms with van der Waals surface area (Å²) in [5.74, 6) is 0.0703. The third-order valence-corrected chi connectivity index (χ3v) is 10.5. The van der Waals surface area contributed by atoms with Crippen LogP contribution in [0.4, 0.5) is 8.78 Å². The van der Waals surface area contributed by atoms with Crippen LogP contribution in [0, 0.1) is 17.3 Å². The Hall–Kier alpha value is -2.51. The number of hydrogen-bond donors (Lipinski definition) is 0. The molecule has 0 aromatic heterocycles. The Balaban J connectivity index is 1.05. The Morgan fingerprint density at radius 3 is 2.20 bits per heavy atom. The van der Waals surface area contributed by atoms with E-state index in [1.165, 1.54) is 5.56 Å². The molecule has 1 saturated carbocycles. The minimum absolute atomic E-state index is 0.0445. The molecule has 4 fully saturated rings. The fourth-order valence-electron chi connectivity index (χ4n) is 7.97. The first kappa shape index (κ1) is 28.6. The Morgan fingerprint density at radius 2 is 1.51 bits per heavy atom. The number of likely N-dealkylation sites (tertiary alicyclic amines) is 3. The van der Waals surface area contributed by atoms with E-state index in [0.29, 0.717) is 43.0 Å². The number of methoxy groups -OCH3 is 1. The van der Waals surface area contributed by atoms with E-state index in [4.69, 9.17) is 4.74 Å². The summed E-state index contributed by atoms with van der Waals surface area (Å²) in [4.78, 5) is 20.8. The maximum atomic E-state index is 13.7. The molecule has 3 heterocycles. The summed E-state index contributed by atoms with van der Waals surface area (Å²) < 4.78 is 32.7. The van der Waals surface area contributed by atoms with E-state index in [1.807, 2.05) is 12.1 Å². The smallest absolute Gasteiger partial charge is 0.248 e. The number of rotatable bonds is 8. The summed E-state index contributed by atoms with van der Waals surface area (Å²) in [5.41, 5.74) is 2.34. The molecule has 0 N–H and O–H groups in total. The number of piperidine rings is 1. The molecule has 1 amide bonds. The molecule has 1 spiro atoms. The van der Waals surface area contributed by atoms with Crippen LogP contribution in [0.5, 0.6) is 5.75 Å². The summed E-state index contributed by atoms with van der Waals surface area (Å²) >= 11 is 0. The highest BCUT2D eigenvalue weighted by Crippen LogP contribution is 2.43. The Bertz CT molecular complexity index is 1160. The number of halogens is 2. The van der Waals surface area contributed by atoms with Gasteiger partial charge in [0.05, 0.1) is 12.5 Å². The molecule has 3 saturated heterocycles. The van der Waals surface area contributed by atoms with Gasteiger partial charge in [0.25, 0.3) is 0 Å². The van der Waals surface area contributed by atoms with E-state index in [2.05, 4.69) is 57.2 Å². The highest BCUT2D eigenvalue weighted by atomic mass is 19.3. The Labute approximate surface area is 243 Å². The molecule has 5 nitrogen and oxygen atoms in total. The normalized spacial score (nSPS) is 27.1. The van der Waals surface area contributed by atoms with Gasteiger partial charge in [0.2, 0.25) is 11.8 Å². The third kappa shape index (κ3) is 6.46. The van der Waals surface area contributed by atoms with Crippen molar-refractivity contribution < 1.29 is 18.3 Å². The van der Waals surface area contributed by atoms with Crippen molar-refractivity contribution in [1.82, 2.24) is 14.7 Å². The highest BCUT2D eigenvalue weighted by molar-refractivity contribution is 5.85. The summed E-state index contributed by atoms with van der Waals surface area (Å²) in [6.45, 7) is 7.47. The van der Waals surface area contributed by atoms with Gasteiger partial charge in [0, 0.05) is 58.0 Å². The van der Waals surface area contributed by atoms with E-state index in [-0.39, 0.29) is 18.3 Å². The zero-order valence-corrected chi connectivity index (χ0v) is 24.4. The van der Waals surface area contributed by atoms with Crippen LogP contribution in [0.15, 0.2) is 54.6 Å². The lowest BCUT2D eigenvalue weighted by atomic mass is 9.76. The van der Waals surface area contributed by atoms with Crippen molar-refractivity contribution in [3.05, 3.63) is 65.7 Å². The first-order valence-electron chi connectivity index (χ1n) is 15.6. The first-order chi connectivity index (χ1) is 19.8. The van der Waals surface area contributed by atoms with Crippen molar-refractivity contribution >= 4 is 5.91 Å². The lowest BCUT2D eigenvalue weighted by Crippen LogP contribution is -2.46. The minimum Gasteiger partial charge on any atom is -0.497 e. The van der Waals surface area contributed by atoms with Crippen molar-refractivity contribution in [3.8, 4) is 5.75 Å². The van der Waals surface area contributed by atoms with Gasteiger partial charge in [-0.3, -0.25) is 4.79 Å². The number of carbonyl (C=O) groups excluding carboxylic acids is 1. The van der Waals surface area contributed by atoms with Gasteiger partial charge < -0.3 is 19.4 Å². The second kappa shape index (κ2) is 12.0. The molecule has 1 aliphatic carbocycles. The van der Waals surface area contributed by atoms with Gasteiger partial charge in [-0.05, 0) is 80.3 Å². The van der Waals surface area contributed by atoms with Gasteiger partial charge in [-0.15, -0.1) is 0 Å². The molecular formula is C34H45F2N3O2. The zero-order valence-electron chi connectivity index (χ0n) is 24.4. The number of carbonyl (C=O) groups is 1. The predicted molar refractivity (Wildman–Crippen MR) is 157 cm³/mol. The second-order valence-corrected chi connectivity index (χ2v) is 13.2. The quantitative estimate of drug-likeness (QED) is 0.391. The molecule has 41 heavy (non-hydrogen) atoms. The fourth-order valence-corrected chi connectivity index (χ4v) is 7.97. The zero-order chi connectivity index (χ0) is 28.5. The summed E-state index contributed by atoms with van der Waals surface area (Å²) in [5, 5.41) is 0. The molecule has 4 aliphatic rings. The van der Waals surface area contributed by atoms with E-state index in [9.17, 15) is 13.6 Å². The van der Waals surface area contributed by atoms with Gasteiger partial charge in [-0.25, -0.2) is 8.78 Å². The fraction of sp³-hybridized carbons (Fsp3) is 0.618. The van der Waals surface area contributed by atoms with Gasteiger partial charge in [-0.2, -0.15) is 0 Å².